The quantitative estimate of drug-likeness (QED) is 0.333. The third-order valence-corrected chi connectivity index (χ3v) is 8.45. The van der Waals surface area contributed by atoms with Gasteiger partial charge in [-0.25, -0.2) is 5.01 Å². The SMILES string of the molecule is Cc1ccc(C2=NN(C(=O)CN(CCN3CCOCC3)C(=O)c3ccccc3Cl)C(c3ccccc3Cl)C2)cc1C. The van der Waals surface area contributed by atoms with Crippen molar-refractivity contribution in [1.29, 1.82) is 0 Å². The maximum atomic E-state index is 14.0. The van der Waals surface area contributed by atoms with E-state index in [9.17, 15) is 9.59 Å². The molecule has 0 saturated carbocycles. The molecular weight excluding hydrogens is 559 g/mol. The van der Waals surface area contributed by atoms with E-state index in [0.717, 1.165) is 35.5 Å². The molecule has 1 atom stereocenters. The average Bonchev–Trinajstić information content (AvgIpc) is 3.43. The van der Waals surface area contributed by atoms with Crippen LogP contribution in [0.25, 0.3) is 0 Å². The van der Waals surface area contributed by atoms with Gasteiger partial charge in [-0.05, 0) is 60.4 Å². The molecule has 0 bridgehead atoms. The molecule has 7 nitrogen and oxygen atoms in total. The first-order chi connectivity index (χ1) is 19.8. The third-order valence-electron chi connectivity index (χ3n) is 7.78. The highest BCUT2D eigenvalue weighted by atomic mass is 35.5. The lowest BCUT2D eigenvalue weighted by Crippen LogP contribution is -2.46. The standard InChI is InChI=1S/C32H34Cl2N4O3/c1-22-11-12-24(19-23(22)2)29-20-30(25-7-3-5-9-27(25)33)38(35-29)31(39)21-37(14-13-36-15-17-41-18-16-36)32(40)26-8-4-6-10-28(26)34/h3-12,19,30H,13-18,20-21H2,1-2H3. The number of halogens is 2. The van der Waals surface area contributed by atoms with E-state index in [-0.39, 0.29) is 24.4 Å². The average molecular weight is 594 g/mol. The van der Waals surface area contributed by atoms with Gasteiger partial charge in [0.2, 0.25) is 0 Å². The highest BCUT2D eigenvalue weighted by Crippen LogP contribution is 2.36. The number of hydrogen-bond acceptors (Lipinski definition) is 5. The number of ether oxygens (including phenoxy) is 1. The van der Waals surface area contributed by atoms with Crippen LogP contribution in [0.3, 0.4) is 0 Å². The summed E-state index contributed by atoms with van der Waals surface area (Å²) in [5.41, 5.74) is 5.32. The van der Waals surface area contributed by atoms with Gasteiger partial charge in [0, 0.05) is 37.6 Å². The fourth-order valence-corrected chi connectivity index (χ4v) is 5.68. The lowest BCUT2D eigenvalue weighted by molar-refractivity contribution is -0.133. The largest absolute Gasteiger partial charge is 0.379 e. The van der Waals surface area contributed by atoms with E-state index in [2.05, 4.69) is 30.9 Å². The predicted molar refractivity (Wildman–Crippen MR) is 163 cm³/mol. The first-order valence-electron chi connectivity index (χ1n) is 13.9. The highest BCUT2D eigenvalue weighted by molar-refractivity contribution is 6.33. The number of hydrogen-bond donors (Lipinski definition) is 0. The second-order valence-corrected chi connectivity index (χ2v) is 11.3. The van der Waals surface area contributed by atoms with Gasteiger partial charge in [-0.15, -0.1) is 0 Å². The van der Waals surface area contributed by atoms with Gasteiger partial charge in [-0.3, -0.25) is 14.5 Å². The molecule has 1 saturated heterocycles. The Labute approximate surface area is 251 Å². The van der Waals surface area contributed by atoms with Crippen molar-refractivity contribution in [2.45, 2.75) is 26.3 Å². The van der Waals surface area contributed by atoms with E-state index in [4.69, 9.17) is 33.0 Å². The Balaban J connectivity index is 1.44. The number of carbonyl (C=O) groups excluding carboxylic acids is 2. The van der Waals surface area contributed by atoms with Crippen LogP contribution in [0.2, 0.25) is 10.0 Å². The van der Waals surface area contributed by atoms with Crippen LogP contribution in [0.5, 0.6) is 0 Å². The lowest BCUT2D eigenvalue weighted by Gasteiger charge is -2.31. The van der Waals surface area contributed by atoms with Crippen LogP contribution in [0.4, 0.5) is 0 Å². The zero-order valence-electron chi connectivity index (χ0n) is 23.4. The summed E-state index contributed by atoms with van der Waals surface area (Å²) in [7, 11) is 0. The molecule has 2 aliphatic heterocycles. The Bertz CT molecular complexity index is 1450. The van der Waals surface area contributed by atoms with Crippen LogP contribution >= 0.6 is 23.2 Å². The zero-order chi connectivity index (χ0) is 28.9. The van der Waals surface area contributed by atoms with Crippen molar-refractivity contribution in [2.24, 2.45) is 5.10 Å². The maximum absolute atomic E-state index is 14.0. The molecule has 3 aromatic carbocycles. The Morgan fingerprint density at radius 1 is 0.951 bits per heavy atom. The molecular formula is C32H34Cl2N4O3. The van der Waals surface area contributed by atoms with Crippen LogP contribution in [0.1, 0.15) is 45.1 Å². The summed E-state index contributed by atoms with van der Waals surface area (Å²) in [4.78, 5) is 31.6. The molecule has 5 rings (SSSR count). The van der Waals surface area contributed by atoms with Crippen LogP contribution in [0.15, 0.2) is 71.8 Å². The molecule has 1 unspecified atom stereocenters. The Hall–Kier alpha value is -3.23. The molecule has 0 aromatic heterocycles. The van der Waals surface area contributed by atoms with E-state index < -0.39 is 0 Å². The minimum absolute atomic E-state index is 0.140. The van der Waals surface area contributed by atoms with Crippen LogP contribution in [-0.2, 0) is 9.53 Å². The van der Waals surface area contributed by atoms with Crippen LogP contribution < -0.4 is 0 Å². The van der Waals surface area contributed by atoms with Crippen molar-refractivity contribution in [3.63, 3.8) is 0 Å². The Morgan fingerprint density at radius 2 is 1.66 bits per heavy atom. The van der Waals surface area contributed by atoms with E-state index in [1.807, 2.05) is 30.3 Å². The second kappa shape index (κ2) is 13.2. The summed E-state index contributed by atoms with van der Waals surface area (Å²) < 4.78 is 5.47. The molecule has 41 heavy (non-hydrogen) atoms. The Kier molecular flexibility index (Phi) is 9.40. The molecule has 0 radical (unpaired) electrons. The van der Waals surface area contributed by atoms with E-state index >= 15 is 0 Å². The summed E-state index contributed by atoms with van der Waals surface area (Å²) in [6, 6.07) is 20.3. The summed E-state index contributed by atoms with van der Waals surface area (Å²) in [6.07, 6.45) is 0.518. The lowest BCUT2D eigenvalue weighted by atomic mass is 9.96. The maximum Gasteiger partial charge on any atom is 0.262 e. The van der Waals surface area contributed by atoms with Crippen LogP contribution in [0, 0.1) is 13.8 Å². The smallest absolute Gasteiger partial charge is 0.262 e. The topological polar surface area (TPSA) is 65.5 Å². The third kappa shape index (κ3) is 6.81. The van der Waals surface area contributed by atoms with Crippen molar-refractivity contribution in [3.05, 3.63) is 105 Å². The van der Waals surface area contributed by atoms with Gasteiger partial charge in [0.05, 0.1) is 35.6 Å². The molecule has 0 spiro atoms. The van der Waals surface area contributed by atoms with Gasteiger partial charge in [-0.1, -0.05) is 65.7 Å². The summed E-state index contributed by atoms with van der Waals surface area (Å²) in [5.74, 6) is -0.569. The first kappa shape index (κ1) is 29.3. The number of morpholine rings is 1. The number of aryl methyl sites for hydroxylation is 2. The minimum atomic E-state index is -0.385. The zero-order valence-corrected chi connectivity index (χ0v) is 24.9. The predicted octanol–water partition coefficient (Wildman–Crippen LogP) is 5.76. The number of amides is 2. The fraction of sp³-hybridized carbons (Fsp3) is 0.344. The number of benzene rings is 3. The second-order valence-electron chi connectivity index (χ2n) is 10.5. The molecule has 214 valence electrons. The van der Waals surface area contributed by atoms with Gasteiger partial charge >= 0.3 is 0 Å². The van der Waals surface area contributed by atoms with Gasteiger partial charge in [0.25, 0.3) is 11.8 Å². The van der Waals surface area contributed by atoms with Crippen molar-refractivity contribution in [1.82, 2.24) is 14.8 Å². The van der Waals surface area contributed by atoms with Crippen molar-refractivity contribution >= 4 is 40.7 Å². The summed E-state index contributed by atoms with van der Waals surface area (Å²) in [6.45, 7) is 7.86. The highest BCUT2D eigenvalue weighted by Gasteiger charge is 2.36. The van der Waals surface area contributed by atoms with Crippen molar-refractivity contribution in [2.75, 3.05) is 45.9 Å². The normalized spacial score (nSPS) is 17.4. The number of hydrazone groups is 1. The molecule has 9 heteroatoms. The molecule has 0 N–H and O–H groups in total. The van der Waals surface area contributed by atoms with E-state index in [1.54, 1.807) is 29.2 Å². The summed E-state index contributed by atoms with van der Waals surface area (Å²) >= 11 is 13.0. The first-order valence-corrected chi connectivity index (χ1v) is 14.6. The summed E-state index contributed by atoms with van der Waals surface area (Å²) in [5, 5.41) is 7.26. The van der Waals surface area contributed by atoms with Gasteiger partial charge < -0.3 is 9.64 Å². The molecule has 2 amide bonds. The molecule has 3 aromatic rings. The van der Waals surface area contributed by atoms with Crippen molar-refractivity contribution < 1.29 is 14.3 Å². The van der Waals surface area contributed by atoms with Gasteiger partial charge in [0.1, 0.15) is 6.54 Å². The Morgan fingerprint density at radius 3 is 2.37 bits per heavy atom. The van der Waals surface area contributed by atoms with Crippen LogP contribution in [-0.4, -0.2) is 78.3 Å². The van der Waals surface area contributed by atoms with Crippen molar-refractivity contribution in [3.8, 4) is 0 Å². The fourth-order valence-electron chi connectivity index (χ4n) is 5.20. The van der Waals surface area contributed by atoms with E-state index in [1.165, 1.54) is 10.6 Å². The minimum Gasteiger partial charge on any atom is -0.379 e. The number of carbonyl (C=O) groups is 2. The molecule has 0 aliphatic carbocycles. The van der Waals surface area contributed by atoms with E-state index in [0.29, 0.717) is 48.3 Å². The monoisotopic (exact) mass is 592 g/mol. The molecule has 2 aliphatic rings. The molecule has 2 heterocycles. The number of rotatable bonds is 8. The van der Waals surface area contributed by atoms with Gasteiger partial charge in [0.15, 0.2) is 0 Å². The molecule has 1 fully saturated rings. The van der Waals surface area contributed by atoms with Gasteiger partial charge in [-0.2, -0.15) is 5.10 Å². The number of nitrogens with zero attached hydrogens (tertiary/aromatic N) is 4.